The number of nitrogens with one attached hydrogen (secondary N) is 2. The van der Waals surface area contributed by atoms with Crippen molar-refractivity contribution in [1.82, 2.24) is 14.5 Å². The molecule has 0 bridgehead atoms. The minimum atomic E-state index is -0.727. The van der Waals surface area contributed by atoms with Crippen LogP contribution in [-0.2, 0) is 6.54 Å². The number of hydrogen-bond acceptors (Lipinski definition) is 4. The Morgan fingerprint density at radius 3 is 2.65 bits per heavy atom. The highest BCUT2D eigenvalue weighted by Crippen LogP contribution is 2.24. The highest BCUT2D eigenvalue weighted by atomic mass is 19.1. The Labute approximate surface area is 178 Å². The van der Waals surface area contributed by atoms with Crippen molar-refractivity contribution in [2.45, 2.75) is 46.6 Å². The molecule has 0 saturated heterocycles. The predicted octanol–water partition coefficient (Wildman–Crippen LogP) is 3.23. The van der Waals surface area contributed by atoms with E-state index >= 15 is 0 Å². The number of benzene rings is 1. The summed E-state index contributed by atoms with van der Waals surface area (Å²) in [5, 5.41) is 0.282. The van der Waals surface area contributed by atoms with Gasteiger partial charge in [0.25, 0.3) is 11.5 Å². The third-order valence-corrected chi connectivity index (χ3v) is 5.24. The van der Waals surface area contributed by atoms with Gasteiger partial charge in [-0.25, -0.2) is 9.18 Å². The smallest absolute Gasteiger partial charge is 0.330 e. The van der Waals surface area contributed by atoms with E-state index in [0.717, 1.165) is 6.42 Å². The van der Waals surface area contributed by atoms with Crippen LogP contribution >= 0.6 is 0 Å². The lowest BCUT2D eigenvalue weighted by molar-refractivity contribution is 0.0981. The summed E-state index contributed by atoms with van der Waals surface area (Å²) < 4.78 is 15.4. The minimum absolute atomic E-state index is 0.0541. The molecule has 0 radical (unpaired) electrons. The monoisotopic (exact) mass is 429 g/mol. The van der Waals surface area contributed by atoms with E-state index in [9.17, 15) is 18.8 Å². The molecule has 0 aliphatic rings. The van der Waals surface area contributed by atoms with Gasteiger partial charge in [0, 0.05) is 24.0 Å². The van der Waals surface area contributed by atoms with Crippen molar-refractivity contribution in [2.24, 2.45) is 5.92 Å². The lowest BCUT2D eigenvalue weighted by Gasteiger charge is -2.25. The number of nitrogens with zero attached hydrogens (tertiary/aromatic N) is 2. The first-order chi connectivity index (χ1) is 14.7. The standard InChI is InChI=1S/C22H28FN5O3/c1-4-5-10-28-19(24)18(20(29)26-22(28)31)27(11-9-13(2)3)21(30)17-12-14-15(23)7-6-8-16(14)25-17/h6-8,12-13,25H,4-5,9-11,24H2,1-3H3,(H,26,29,31). The zero-order valence-electron chi connectivity index (χ0n) is 18.0. The van der Waals surface area contributed by atoms with Crippen molar-refractivity contribution in [3.05, 3.63) is 56.6 Å². The molecular weight excluding hydrogens is 401 g/mol. The maximum absolute atomic E-state index is 14.1. The topological polar surface area (TPSA) is 117 Å². The third kappa shape index (κ3) is 4.55. The van der Waals surface area contributed by atoms with Gasteiger partial charge in [0.05, 0.1) is 0 Å². The highest BCUT2D eigenvalue weighted by Gasteiger charge is 2.26. The first-order valence-corrected chi connectivity index (χ1v) is 10.5. The van der Waals surface area contributed by atoms with Gasteiger partial charge in [0.1, 0.15) is 17.3 Å². The second-order valence-corrected chi connectivity index (χ2v) is 8.02. The van der Waals surface area contributed by atoms with E-state index in [4.69, 9.17) is 5.73 Å². The van der Waals surface area contributed by atoms with E-state index in [1.165, 1.54) is 21.6 Å². The number of nitrogen functional groups attached to an aromatic ring is 1. The molecule has 0 aliphatic carbocycles. The third-order valence-electron chi connectivity index (χ3n) is 5.24. The Bertz CT molecular complexity index is 1210. The van der Waals surface area contributed by atoms with Gasteiger partial charge in [-0.1, -0.05) is 33.3 Å². The average molecular weight is 429 g/mol. The van der Waals surface area contributed by atoms with Gasteiger partial charge in [-0.15, -0.1) is 0 Å². The molecule has 2 heterocycles. The molecule has 2 aromatic heterocycles. The second kappa shape index (κ2) is 9.20. The summed E-state index contributed by atoms with van der Waals surface area (Å²) in [5.74, 6) is -0.774. The van der Waals surface area contributed by atoms with Crippen molar-refractivity contribution in [3.63, 3.8) is 0 Å². The first kappa shape index (κ1) is 22.3. The van der Waals surface area contributed by atoms with Gasteiger partial charge in [0.15, 0.2) is 5.69 Å². The Morgan fingerprint density at radius 1 is 1.26 bits per heavy atom. The van der Waals surface area contributed by atoms with E-state index in [1.807, 2.05) is 20.8 Å². The van der Waals surface area contributed by atoms with Crippen LogP contribution in [0.5, 0.6) is 0 Å². The largest absolute Gasteiger partial charge is 0.383 e. The summed E-state index contributed by atoms with van der Waals surface area (Å²) in [6.07, 6.45) is 2.13. The van der Waals surface area contributed by atoms with Crippen LogP contribution < -0.4 is 21.9 Å². The molecule has 0 spiro atoms. The van der Waals surface area contributed by atoms with Crippen LogP contribution in [-0.4, -0.2) is 27.0 Å². The molecule has 0 aliphatic heterocycles. The fourth-order valence-corrected chi connectivity index (χ4v) is 3.46. The van der Waals surface area contributed by atoms with E-state index in [2.05, 4.69) is 9.97 Å². The van der Waals surface area contributed by atoms with Gasteiger partial charge in [-0.05, 0) is 37.0 Å². The van der Waals surface area contributed by atoms with Crippen molar-refractivity contribution < 1.29 is 9.18 Å². The number of rotatable bonds is 8. The Morgan fingerprint density at radius 2 is 2.00 bits per heavy atom. The highest BCUT2D eigenvalue weighted by molar-refractivity contribution is 6.08. The number of H-pyrrole nitrogens is 2. The van der Waals surface area contributed by atoms with Crippen molar-refractivity contribution in [1.29, 1.82) is 0 Å². The van der Waals surface area contributed by atoms with Gasteiger partial charge >= 0.3 is 5.69 Å². The van der Waals surface area contributed by atoms with Crippen LogP contribution in [0.1, 0.15) is 50.5 Å². The molecule has 166 valence electrons. The fourth-order valence-electron chi connectivity index (χ4n) is 3.46. The number of carbonyl (C=O) groups excluding carboxylic acids is 1. The molecule has 0 fully saturated rings. The second-order valence-electron chi connectivity index (χ2n) is 8.02. The lowest BCUT2D eigenvalue weighted by atomic mass is 10.1. The summed E-state index contributed by atoms with van der Waals surface area (Å²) in [4.78, 5) is 44.9. The summed E-state index contributed by atoms with van der Waals surface area (Å²) in [5.41, 5.74) is 5.43. The molecule has 0 atom stereocenters. The lowest BCUT2D eigenvalue weighted by Crippen LogP contribution is -2.42. The molecular formula is C22H28FN5O3. The van der Waals surface area contributed by atoms with Crippen LogP contribution in [0.2, 0.25) is 0 Å². The normalized spacial score (nSPS) is 11.4. The summed E-state index contributed by atoms with van der Waals surface area (Å²) >= 11 is 0. The first-order valence-electron chi connectivity index (χ1n) is 10.5. The molecule has 3 rings (SSSR count). The number of nitrogens with two attached hydrogens (primary N) is 1. The number of anilines is 2. The number of halogens is 1. The van der Waals surface area contributed by atoms with Crippen LogP contribution in [0.3, 0.4) is 0 Å². The molecule has 9 heteroatoms. The number of amides is 1. The van der Waals surface area contributed by atoms with Gasteiger partial charge in [0.2, 0.25) is 0 Å². The molecule has 1 aromatic carbocycles. The number of unbranched alkanes of at least 4 members (excludes halogenated alkanes) is 1. The number of fused-ring (bicyclic) bond motifs is 1. The predicted molar refractivity (Wildman–Crippen MR) is 120 cm³/mol. The van der Waals surface area contributed by atoms with Gasteiger partial charge in [-0.3, -0.25) is 24.0 Å². The number of carbonyl (C=O) groups is 1. The number of hydrogen-bond donors (Lipinski definition) is 3. The molecule has 0 saturated carbocycles. The minimum Gasteiger partial charge on any atom is -0.383 e. The fraction of sp³-hybridized carbons (Fsp3) is 0.409. The van der Waals surface area contributed by atoms with Crippen molar-refractivity contribution >= 4 is 28.3 Å². The van der Waals surface area contributed by atoms with E-state index < -0.39 is 23.0 Å². The Balaban J connectivity index is 2.12. The molecule has 3 aromatic rings. The molecule has 8 nitrogen and oxygen atoms in total. The zero-order chi connectivity index (χ0) is 22.7. The molecule has 0 unspecified atom stereocenters. The Kier molecular flexibility index (Phi) is 6.62. The van der Waals surface area contributed by atoms with Crippen LogP contribution in [0.15, 0.2) is 33.9 Å². The van der Waals surface area contributed by atoms with E-state index in [1.54, 1.807) is 12.1 Å². The molecule has 1 amide bonds. The Hall–Kier alpha value is -3.36. The van der Waals surface area contributed by atoms with Crippen molar-refractivity contribution in [3.8, 4) is 0 Å². The average Bonchev–Trinajstić information content (AvgIpc) is 3.15. The summed E-state index contributed by atoms with van der Waals surface area (Å²) in [7, 11) is 0. The zero-order valence-corrected chi connectivity index (χ0v) is 18.0. The van der Waals surface area contributed by atoms with Gasteiger partial charge < -0.3 is 10.7 Å². The quantitative estimate of drug-likeness (QED) is 0.510. The maximum Gasteiger partial charge on any atom is 0.330 e. The molecule has 31 heavy (non-hydrogen) atoms. The summed E-state index contributed by atoms with van der Waals surface area (Å²) in [6, 6.07) is 5.95. The van der Waals surface area contributed by atoms with E-state index in [-0.39, 0.29) is 35.0 Å². The van der Waals surface area contributed by atoms with Gasteiger partial charge in [-0.2, -0.15) is 0 Å². The van der Waals surface area contributed by atoms with Crippen LogP contribution in [0.25, 0.3) is 10.9 Å². The summed E-state index contributed by atoms with van der Waals surface area (Å²) in [6.45, 7) is 6.51. The van der Waals surface area contributed by atoms with Crippen LogP contribution in [0.4, 0.5) is 15.9 Å². The maximum atomic E-state index is 14.1. The van der Waals surface area contributed by atoms with Crippen LogP contribution in [0, 0.1) is 11.7 Å². The number of aromatic nitrogens is 3. The SMILES string of the molecule is CCCCn1c(N)c(N(CCC(C)C)C(=O)c2cc3c(F)cccc3[nH]2)c(=O)[nH]c1=O. The van der Waals surface area contributed by atoms with E-state index in [0.29, 0.717) is 24.9 Å². The van der Waals surface area contributed by atoms with Crippen molar-refractivity contribution in [2.75, 3.05) is 17.2 Å². The molecule has 4 N–H and O–H groups in total. The number of aromatic amines is 2.